The van der Waals surface area contributed by atoms with Crippen molar-refractivity contribution in [3.63, 3.8) is 0 Å². The van der Waals surface area contributed by atoms with Gasteiger partial charge >= 0.3 is 0 Å². The van der Waals surface area contributed by atoms with Crippen LogP contribution >= 0.6 is 0 Å². The molecule has 3 rings (SSSR count). The Balaban J connectivity index is 2.14. The summed E-state index contributed by atoms with van der Waals surface area (Å²) < 4.78 is 0. The van der Waals surface area contributed by atoms with Gasteiger partial charge in [0.15, 0.2) is 0 Å². The maximum Gasteiger partial charge on any atom is 0.128 e. The standard InChI is InChI=1S/C18H19N3/c1-12-9-10-21-18(19)16(12)17(20-2)15-8-7-13-5-3-4-6-14(13)11-15/h3-11,17,20H,1-2H3,(H2,19,21). The van der Waals surface area contributed by atoms with Crippen LogP contribution in [0.25, 0.3) is 10.8 Å². The van der Waals surface area contributed by atoms with E-state index in [2.05, 4.69) is 59.7 Å². The fourth-order valence-electron chi connectivity index (χ4n) is 2.83. The highest BCUT2D eigenvalue weighted by molar-refractivity contribution is 5.83. The highest BCUT2D eigenvalue weighted by Crippen LogP contribution is 2.30. The zero-order chi connectivity index (χ0) is 14.8. The Hall–Kier alpha value is -2.39. The maximum absolute atomic E-state index is 6.10. The van der Waals surface area contributed by atoms with Gasteiger partial charge in [0.05, 0.1) is 6.04 Å². The van der Waals surface area contributed by atoms with Crippen LogP contribution in [0.5, 0.6) is 0 Å². The number of aromatic nitrogens is 1. The van der Waals surface area contributed by atoms with Gasteiger partial charge in [0.1, 0.15) is 5.82 Å². The van der Waals surface area contributed by atoms with E-state index >= 15 is 0 Å². The number of rotatable bonds is 3. The Kier molecular flexibility index (Phi) is 3.59. The van der Waals surface area contributed by atoms with E-state index in [1.807, 2.05) is 13.1 Å². The minimum absolute atomic E-state index is 0.0447. The number of aryl methyl sites for hydroxylation is 1. The maximum atomic E-state index is 6.10. The predicted molar refractivity (Wildman–Crippen MR) is 88.2 cm³/mol. The molecule has 0 fully saturated rings. The van der Waals surface area contributed by atoms with E-state index in [0.29, 0.717) is 5.82 Å². The molecule has 0 radical (unpaired) electrons. The normalized spacial score (nSPS) is 12.5. The summed E-state index contributed by atoms with van der Waals surface area (Å²) >= 11 is 0. The second-order valence-corrected chi connectivity index (χ2v) is 5.26. The molecule has 3 N–H and O–H groups in total. The van der Waals surface area contributed by atoms with Crippen LogP contribution in [-0.2, 0) is 0 Å². The zero-order valence-corrected chi connectivity index (χ0v) is 12.3. The number of benzene rings is 2. The summed E-state index contributed by atoms with van der Waals surface area (Å²) in [5.74, 6) is 0.586. The first-order valence-electron chi connectivity index (χ1n) is 7.07. The van der Waals surface area contributed by atoms with E-state index in [4.69, 9.17) is 5.73 Å². The molecule has 0 bridgehead atoms. The lowest BCUT2D eigenvalue weighted by Crippen LogP contribution is -2.20. The van der Waals surface area contributed by atoms with Crippen LogP contribution in [0.2, 0.25) is 0 Å². The van der Waals surface area contributed by atoms with Crippen LogP contribution in [0.15, 0.2) is 54.7 Å². The number of nitrogens with zero attached hydrogens (tertiary/aromatic N) is 1. The number of nitrogens with one attached hydrogen (secondary N) is 1. The van der Waals surface area contributed by atoms with Crippen LogP contribution in [0, 0.1) is 6.92 Å². The number of nitrogens with two attached hydrogens (primary N) is 1. The Morgan fingerprint density at radius 3 is 2.52 bits per heavy atom. The first-order chi connectivity index (χ1) is 10.2. The summed E-state index contributed by atoms with van der Waals surface area (Å²) in [7, 11) is 1.95. The van der Waals surface area contributed by atoms with Crippen molar-refractivity contribution in [1.29, 1.82) is 0 Å². The summed E-state index contributed by atoms with van der Waals surface area (Å²) in [4.78, 5) is 4.23. The van der Waals surface area contributed by atoms with E-state index < -0.39 is 0 Å². The van der Waals surface area contributed by atoms with Gasteiger partial charge in [-0.05, 0) is 48.0 Å². The van der Waals surface area contributed by atoms with Crippen molar-refractivity contribution >= 4 is 16.6 Å². The van der Waals surface area contributed by atoms with Crippen molar-refractivity contribution in [2.24, 2.45) is 0 Å². The molecule has 1 unspecified atom stereocenters. The lowest BCUT2D eigenvalue weighted by Gasteiger charge is -2.21. The average Bonchev–Trinajstić information content (AvgIpc) is 2.50. The van der Waals surface area contributed by atoms with Crippen LogP contribution < -0.4 is 11.1 Å². The van der Waals surface area contributed by atoms with Gasteiger partial charge in [-0.3, -0.25) is 0 Å². The molecule has 0 aliphatic rings. The summed E-state index contributed by atoms with van der Waals surface area (Å²) in [5.41, 5.74) is 9.49. The molecule has 106 valence electrons. The lowest BCUT2D eigenvalue weighted by molar-refractivity contribution is 0.688. The Morgan fingerprint density at radius 2 is 1.81 bits per heavy atom. The minimum atomic E-state index is 0.0447. The molecule has 2 aromatic carbocycles. The van der Waals surface area contributed by atoms with Crippen molar-refractivity contribution in [1.82, 2.24) is 10.3 Å². The minimum Gasteiger partial charge on any atom is -0.383 e. The predicted octanol–water partition coefficient (Wildman–Crippen LogP) is 3.43. The highest BCUT2D eigenvalue weighted by atomic mass is 14.9. The van der Waals surface area contributed by atoms with Gasteiger partial charge < -0.3 is 11.1 Å². The third-order valence-corrected chi connectivity index (χ3v) is 3.92. The number of hydrogen-bond donors (Lipinski definition) is 2. The average molecular weight is 277 g/mol. The third-order valence-electron chi connectivity index (χ3n) is 3.92. The highest BCUT2D eigenvalue weighted by Gasteiger charge is 2.18. The van der Waals surface area contributed by atoms with Crippen molar-refractivity contribution < 1.29 is 0 Å². The zero-order valence-electron chi connectivity index (χ0n) is 12.3. The second kappa shape index (κ2) is 5.54. The molecule has 21 heavy (non-hydrogen) atoms. The van der Waals surface area contributed by atoms with Crippen molar-refractivity contribution in [3.8, 4) is 0 Å². The Labute approximate surface area is 124 Å². The molecular formula is C18H19N3. The van der Waals surface area contributed by atoms with Crippen LogP contribution in [0.4, 0.5) is 5.82 Å². The Morgan fingerprint density at radius 1 is 1.05 bits per heavy atom. The van der Waals surface area contributed by atoms with E-state index in [1.165, 1.54) is 16.3 Å². The molecular weight excluding hydrogens is 258 g/mol. The molecule has 0 saturated carbocycles. The van der Waals surface area contributed by atoms with E-state index in [1.54, 1.807) is 6.20 Å². The van der Waals surface area contributed by atoms with E-state index in [-0.39, 0.29) is 6.04 Å². The second-order valence-electron chi connectivity index (χ2n) is 5.26. The topological polar surface area (TPSA) is 50.9 Å². The molecule has 1 heterocycles. The fraction of sp³-hybridized carbons (Fsp3) is 0.167. The summed E-state index contributed by atoms with van der Waals surface area (Å²) in [6.45, 7) is 2.07. The van der Waals surface area contributed by atoms with Gasteiger partial charge in [0, 0.05) is 11.8 Å². The van der Waals surface area contributed by atoms with Gasteiger partial charge in [-0.25, -0.2) is 4.98 Å². The van der Waals surface area contributed by atoms with Crippen LogP contribution in [-0.4, -0.2) is 12.0 Å². The smallest absolute Gasteiger partial charge is 0.128 e. The summed E-state index contributed by atoms with van der Waals surface area (Å²) in [5, 5.41) is 5.84. The molecule has 0 aliphatic carbocycles. The number of fused-ring (bicyclic) bond motifs is 1. The molecule has 0 aliphatic heterocycles. The molecule has 0 amide bonds. The number of hydrogen-bond acceptors (Lipinski definition) is 3. The van der Waals surface area contributed by atoms with Crippen LogP contribution in [0.1, 0.15) is 22.7 Å². The molecule has 0 spiro atoms. The lowest BCUT2D eigenvalue weighted by atomic mass is 9.94. The summed E-state index contributed by atoms with van der Waals surface area (Å²) in [6, 6.07) is 16.9. The quantitative estimate of drug-likeness (QED) is 0.771. The monoisotopic (exact) mass is 277 g/mol. The van der Waals surface area contributed by atoms with Crippen LogP contribution in [0.3, 0.4) is 0 Å². The van der Waals surface area contributed by atoms with Gasteiger partial charge in [0.25, 0.3) is 0 Å². The number of anilines is 1. The molecule has 3 heteroatoms. The van der Waals surface area contributed by atoms with Crippen molar-refractivity contribution in [2.75, 3.05) is 12.8 Å². The van der Waals surface area contributed by atoms with Crippen molar-refractivity contribution in [2.45, 2.75) is 13.0 Å². The third kappa shape index (κ3) is 2.48. The van der Waals surface area contributed by atoms with Gasteiger partial charge in [-0.2, -0.15) is 0 Å². The van der Waals surface area contributed by atoms with Gasteiger partial charge in [-0.15, -0.1) is 0 Å². The SMILES string of the molecule is CNC(c1ccc2ccccc2c1)c1c(C)ccnc1N. The molecule has 3 nitrogen and oxygen atoms in total. The summed E-state index contributed by atoms with van der Waals surface area (Å²) in [6.07, 6.45) is 1.75. The fourth-order valence-corrected chi connectivity index (χ4v) is 2.83. The number of nitrogen functional groups attached to an aromatic ring is 1. The Bertz CT molecular complexity index is 760. The first-order valence-corrected chi connectivity index (χ1v) is 7.07. The molecule has 1 aromatic heterocycles. The molecule has 3 aromatic rings. The first kappa shape index (κ1) is 13.6. The van der Waals surface area contributed by atoms with Gasteiger partial charge in [0.2, 0.25) is 0 Å². The molecule has 0 saturated heterocycles. The van der Waals surface area contributed by atoms with E-state index in [9.17, 15) is 0 Å². The van der Waals surface area contributed by atoms with Gasteiger partial charge in [-0.1, -0.05) is 36.4 Å². The van der Waals surface area contributed by atoms with Crippen molar-refractivity contribution in [3.05, 3.63) is 71.4 Å². The number of pyridine rings is 1. The molecule has 1 atom stereocenters. The largest absolute Gasteiger partial charge is 0.383 e. The van der Waals surface area contributed by atoms with E-state index in [0.717, 1.165) is 11.1 Å².